The number of sulfonamides is 1. The summed E-state index contributed by atoms with van der Waals surface area (Å²) in [5.74, 6) is -0.158. The summed E-state index contributed by atoms with van der Waals surface area (Å²) in [4.78, 5) is 27.0. The van der Waals surface area contributed by atoms with Crippen LogP contribution >= 0.6 is 0 Å². The summed E-state index contributed by atoms with van der Waals surface area (Å²) in [6, 6.07) is 11.3. The van der Waals surface area contributed by atoms with Crippen molar-refractivity contribution in [3.63, 3.8) is 0 Å². The van der Waals surface area contributed by atoms with Crippen LogP contribution in [0.5, 0.6) is 0 Å². The van der Waals surface area contributed by atoms with Crippen molar-refractivity contribution in [3.8, 4) is 0 Å². The molecule has 0 aliphatic carbocycles. The molecule has 3 aromatic rings. The lowest BCUT2D eigenvalue weighted by molar-refractivity contribution is 0.101. The lowest BCUT2D eigenvalue weighted by Gasteiger charge is -2.22. The highest BCUT2D eigenvalue weighted by Crippen LogP contribution is 2.21. The molecule has 164 valence electrons. The molecule has 0 spiro atoms. The van der Waals surface area contributed by atoms with Crippen LogP contribution in [0.4, 0.5) is 0 Å². The Kier molecular flexibility index (Phi) is 6.74. The molecule has 0 saturated heterocycles. The van der Waals surface area contributed by atoms with E-state index in [4.69, 9.17) is 0 Å². The fourth-order valence-corrected chi connectivity index (χ4v) is 4.83. The van der Waals surface area contributed by atoms with Gasteiger partial charge in [-0.3, -0.25) is 9.59 Å². The van der Waals surface area contributed by atoms with Gasteiger partial charge in [0.1, 0.15) is 0 Å². The molecular formula is C23H26N2O5S. The maximum Gasteiger partial charge on any atom is 0.252 e. The second-order valence-electron chi connectivity index (χ2n) is 7.64. The van der Waals surface area contributed by atoms with Crippen LogP contribution in [0.25, 0.3) is 10.9 Å². The average Bonchev–Trinajstić information content (AvgIpc) is 2.72. The number of benzene rings is 2. The molecule has 7 nitrogen and oxygen atoms in total. The van der Waals surface area contributed by atoms with Gasteiger partial charge in [-0.1, -0.05) is 12.1 Å². The molecule has 1 heterocycles. The summed E-state index contributed by atoms with van der Waals surface area (Å²) in [6.07, 6.45) is 0.231. The van der Waals surface area contributed by atoms with Gasteiger partial charge in [0.25, 0.3) is 5.56 Å². The number of aliphatic hydroxyl groups is 1. The maximum absolute atomic E-state index is 13.2. The molecule has 0 saturated carbocycles. The molecule has 2 aromatic carbocycles. The number of nitrogens with zero attached hydrogens (tertiary/aromatic N) is 1. The number of aromatic amines is 1. The van der Waals surface area contributed by atoms with Crippen LogP contribution < -0.4 is 5.56 Å². The normalized spacial score (nSPS) is 11.9. The van der Waals surface area contributed by atoms with E-state index in [2.05, 4.69) is 4.98 Å². The Morgan fingerprint density at radius 3 is 2.32 bits per heavy atom. The molecule has 0 unspecified atom stereocenters. The number of H-pyrrole nitrogens is 1. The Balaban J connectivity index is 2.01. The van der Waals surface area contributed by atoms with Crippen molar-refractivity contribution in [2.75, 3.05) is 13.2 Å². The monoisotopic (exact) mass is 442 g/mol. The van der Waals surface area contributed by atoms with Crippen LogP contribution in [0, 0.1) is 13.8 Å². The number of fused-ring (bicyclic) bond motifs is 1. The minimum atomic E-state index is -3.94. The number of rotatable bonds is 8. The highest BCUT2D eigenvalue weighted by Gasteiger charge is 2.25. The van der Waals surface area contributed by atoms with Crippen LogP contribution in [0.2, 0.25) is 0 Å². The molecule has 2 N–H and O–H groups in total. The Labute approximate surface area is 181 Å². The first-order valence-corrected chi connectivity index (χ1v) is 11.4. The smallest absolute Gasteiger partial charge is 0.252 e. The second-order valence-corrected chi connectivity index (χ2v) is 9.58. The number of aliphatic hydroxyl groups excluding tert-OH is 1. The van der Waals surface area contributed by atoms with Crippen LogP contribution in [-0.4, -0.2) is 41.7 Å². The van der Waals surface area contributed by atoms with Gasteiger partial charge >= 0.3 is 0 Å². The Morgan fingerprint density at radius 1 is 1.06 bits per heavy atom. The van der Waals surface area contributed by atoms with E-state index in [0.29, 0.717) is 16.6 Å². The number of nitrogens with one attached hydrogen (secondary N) is 1. The first kappa shape index (κ1) is 22.9. The zero-order valence-electron chi connectivity index (χ0n) is 17.8. The highest BCUT2D eigenvalue weighted by atomic mass is 32.2. The minimum absolute atomic E-state index is 0.0270. The summed E-state index contributed by atoms with van der Waals surface area (Å²) in [5.41, 5.74) is 3.20. The van der Waals surface area contributed by atoms with Crippen molar-refractivity contribution in [3.05, 3.63) is 75.1 Å². The zero-order chi connectivity index (χ0) is 22.8. The molecule has 3 rings (SSSR count). The third-order valence-electron chi connectivity index (χ3n) is 5.35. The quantitative estimate of drug-likeness (QED) is 0.522. The van der Waals surface area contributed by atoms with E-state index >= 15 is 0 Å². The number of Topliss-reactive ketones (excluding diaryl/α,β-unsaturated/α-hetero) is 1. The fraction of sp³-hybridized carbons (Fsp3) is 0.304. The molecule has 31 heavy (non-hydrogen) atoms. The summed E-state index contributed by atoms with van der Waals surface area (Å²) in [5, 5.41) is 10.1. The molecule has 1 aromatic heterocycles. The van der Waals surface area contributed by atoms with Gasteiger partial charge in [0.2, 0.25) is 10.0 Å². The Bertz CT molecular complexity index is 1280. The lowest BCUT2D eigenvalue weighted by atomic mass is 10.0. The van der Waals surface area contributed by atoms with E-state index in [9.17, 15) is 23.1 Å². The van der Waals surface area contributed by atoms with Crippen molar-refractivity contribution in [2.45, 2.75) is 38.6 Å². The molecule has 0 bridgehead atoms. The first-order valence-electron chi connectivity index (χ1n) is 9.98. The van der Waals surface area contributed by atoms with Crippen LogP contribution in [0.3, 0.4) is 0 Å². The average molecular weight is 443 g/mol. The number of hydrogen-bond acceptors (Lipinski definition) is 5. The standard InChI is InChI=1S/C23H26N2O5S/c1-15-11-19-13-20(23(28)24-22(19)12-16(15)2)14-25(9-4-10-26)31(29,30)21-7-5-18(6-8-21)17(3)27/h5-8,11-13,26H,4,9-10,14H2,1-3H3,(H,24,28). The van der Waals surface area contributed by atoms with E-state index in [0.717, 1.165) is 16.5 Å². The lowest BCUT2D eigenvalue weighted by Crippen LogP contribution is -2.34. The van der Waals surface area contributed by atoms with Gasteiger partial charge in [0, 0.05) is 36.3 Å². The predicted octanol–water partition coefficient (Wildman–Crippen LogP) is 2.92. The summed E-state index contributed by atoms with van der Waals surface area (Å²) in [6.45, 7) is 5.09. The number of aryl methyl sites for hydroxylation is 2. The van der Waals surface area contributed by atoms with Crippen molar-refractivity contribution in [1.29, 1.82) is 0 Å². The van der Waals surface area contributed by atoms with Gasteiger partial charge in [-0.05, 0) is 74.0 Å². The van der Waals surface area contributed by atoms with Gasteiger partial charge in [-0.2, -0.15) is 4.31 Å². The van der Waals surface area contributed by atoms with Crippen molar-refractivity contribution < 1.29 is 18.3 Å². The van der Waals surface area contributed by atoms with E-state index in [-0.39, 0.29) is 42.4 Å². The number of carbonyl (C=O) groups is 1. The van der Waals surface area contributed by atoms with Gasteiger partial charge in [0.15, 0.2) is 5.78 Å². The van der Waals surface area contributed by atoms with Crippen molar-refractivity contribution in [1.82, 2.24) is 9.29 Å². The molecule has 0 radical (unpaired) electrons. The number of ketones is 1. The van der Waals surface area contributed by atoms with Gasteiger partial charge in [-0.25, -0.2) is 8.42 Å². The van der Waals surface area contributed by atoms with Crippen LogP contribution in [0.15, 0.2) is 52.2 Å². The number of pyridine rings is 1. The third kappa shape index (κ3) is 4.92. The summed E-state index contributed by atoms with van der Waals surface area (Å²) in [7, 11) is -3.94. The van der Waals surface area contributed by atoms with Crippen molar-refractivity contribution >= 4 is 26.7 Å². The number of hydrogen-bond donors (Lipinski definition) is 2. The SMILES string of the molecule is CC(=O)c1ccc(S(=O)(=O)N(CCCO)Cc2cc3cc(C)c(C)cc3[nH]c2=O)cc1. The largest absolute Gasteiger partial charge is 0.396 e. The Morgan fingerprint density at radius 2 is 1.71 bits per heavy atom. The highest BCUT2D eigenvalue weighted by molar-refractivity contribution is 7.89. The second kappa shape index (κ2) is 9.13. The van der Waals surface area contributed by atoms with Gasteiger partial charge in [-0.15, -0.1) is 0 Å². The summed E-state index contributed by atoms with van der Waals surface area (Å²) >= 11 is 0. The molecule has 0 atom stereocenters. The van der Waals surface area contributed by atoms with Gasteiger partial charge < -0.3 is 10.1 Å². The predicted molar refractivity (Wildman–Crippen MR) is 120 cm³/mol. The van der Waals surface area contributed by atoms with Crippen LogP contribution in [-0.2, 0) is 16.6 Å². The summed E-state index contributed by atoms with van der Waals surface area (Å²) < 4.78 is 27.7. The van der Waals surface area contributed by atoms with E-state index < -0.39 is 10.0 Å². The fourth-order valence-electron chi connectivity index (χ4n) is 3.37. The van der Waals surface area contributed by atoms with E-state index in [1.54, 1.807) is 6.07 Å². The molecule has 8 heteroatoms. The first-order chi connectivity index (χ1) is 14.6. The molecule has 0 aliphatic heterocycles. The van der Waals surface area contributed by atoms with E-state index in [1.165, 1.54) is 35.5 Å². The Hall–Kier alpha value is -2.81. The van der Waals surface area contributed by atoms with Crippen LogP contribution in [0.1, 0.15) is 40.4 Å². The maximum atomic E-state index is 13.2. The topological polar surface area (TPSA) is 108 Å². The minimum Gasteiger partial charge on any atom is -0.396 e. The zero-order valence-corrected chi connectivity index (χ0v) is 18.6. The van der Waals surface area contributed by atoms with E-state index in [1.807, 2.05) is 26.0 Å². The molecule has 0 amide bonds. The molecular weight excluding hydrogens is 416 g/mol. The van der Waals surface area contributed by atoms with Gasteiger partial charge in [0.05, 0.1) is 4.90 Å². The third-order valence-corrected chi connectivity index (χ3v) is 7.21. The number of carbonyl (C=O) groups excluding carboxylic acids is 1. The molecule has 0 aliphatic rings. The molecule has 0 fully saturated rings. The number of aromatic nitrogens is 1. The van der Waals surface area contributed by atoms with Crippen molar-refractivity contribution in [2.24, 2.45) is 0 Å².